The molecule has 0 radical (unpaired) electrons. The van der Waals surface area contributed by atoms with E-state index in [0.717, 1.165) is 10.5 Å². The molecule has 0 spiro atoms. The molecule has 0 saturated carbocycles. The Kier molecular flexibility index (Phi) is 8.21. The van der Waals surface area contributed by atoms with Crippen LogP contribution < -0.4 is 6.54 Å². The first kappa shape index (κ1) is 29.2. The van der Waals surface area contributed by atoms with Gasteiger partial charge in [-0.1, -0.05) is 0 Å². The van der Waals surface area contributed by atoms with Crippen LogP contribution in [0.2, 0.25) is 23.8 Å². The molecule has 2 aliphatic rings. The van der Waals surface area contributed by atoms with Crippen molar-refractivity contribution in [2.45, 2.75) is 51.0 Å². The van der Waals surface area contributed by atoms with Gasteiger partial charge in [-0.05, 0) is 0 Å². The fourth-order valence-corrected chi connectivity index (χ4v) is 26.3. The summed E-state index contributed by atoms with van der Waals surface area (Å²) >= 11 is -4.21. The summed E-state index contributed by atoms with van der Waals surface area (Å²) in [5.74, 6) is 0.449. The molecule has 0 saturated heterocycles. The van der Waals surface area contributed by atoms with Crippen molar-refractivity contribution in [1.29, 1.82) is 0 Å². The summed E-state index contributed by atoms with van der Waals surface area (Å²) < 4.78 is 11.5. The molecule has 0 bridgehead atoms. The predicted molar refractivity (Wildman–Crippen MR) is 166 cm³/mol. The average Bonchev–Trinajstić information content (AvgIpc) is 3.36. The maximum absolute atomic E-state index is 5.53. The quantitative estimate of drug-likeness (QED) is 0.198. The molecule has 3 aromatic carbocycles. The van der Waals surface area contributed by atoms with Crippen LogP contribution in [0.3, 0.4) is 0 Å². The van der Waals surface area contributed by atoms with E-state index in [9.17, 15) is 0 Å². The van der Waals surface area contributed by atoms with E-state index in [2.05, 4.69) is 119 Å². The third kappa shape index (κ3) is 4.08. The van der Waals surface area contributed by atoms with Crippen LogP contribution in [0.5, 0.6) is 0 Å². The molecule has 0 nitrogen and oxygen atoms in total. The molecule has 4 heteroatoms. The molecule has 0 heterocycles. The first-order valence-corrected chi connectivity index (χ1v) is 23.5. The minimum absolute atomic E-state index is 0. The van der Waals surface area contributed by atoms with Gasteiger partial charge in [0, 0.05) is 0 Å². The van der Waals surface area contributed by atoms with E-state index in [4.69, 9.17) is 4.21 Å². The predicted octanol–water partition coefficient (Wildman–Crippen LogP) is 8.34. The molecular weight excluding hydrogens is 575 g/mol. The molecule has 0 fully saturated rings. The van der Waals surface area contributed by atoms with Crippen molar-refractivity contribution in [2.75, 3.05) is 0 Å². The monoisotopic (exact) mass is 612 g/mol. The summed E-state index contributed by atoms with van der Waals surface area (Å²) in [7, 11) is -1.46. The normalized spacial score (nSPS) is 17.1. The molecule has 36 heavy (non-hydrogen) atoms. The SMILES string of the molecule is Cl.Cl.[CH2]=[Zr]([CH2]C)([C]1=C(C)C([Si](C)(C)C)=CC1C)([c]1ccccc1)[c]1cccc2c1Cc1ccccc1-2. The topological polar surface area (TPSA) is 0 Å². The summed E-state index contributed by atoms with van der Waals surface area (Å²) in [6.07, 6.45) is 3.65. The van der Waals surface area contributed by atoms with Gasteiger partial charge in [0.2, 0.25) is 0 Å². The van der Waals surface area contributed by atoms with E-state index < -0.39 is 26.4 Å². The third-order valence-electron chi connectivity index (χ3n) is 8.89. The molecule has 0 aromatic heterocycles. The van der Waals surface area contributed by atoms with Crippen molar-refractivity contribution in [3.8, 4) is 11.1 Å². The molecule has 1 unspecified atom stereocenters. The number of benzene rings is 3. The summed E-state index contributed by atoms with van der Waals surface area (Å²) in [6, 6.07) is 27.6. The minimum atomic E-state index is -4.21. The number of fused-ring (bicyclic) bond motifs is 3. The van der Waals surface area contributed by atoms with Crippen LogP contribution in [0, 0.1) is 5.92 Å². The van der Waals surface area contributed by atoms with Gasteiger partial charge in [-0.15, -0.1) is 24.8 Å². The van der Waals surface area contributed by atoms with Gasteiger partial charge >= 0.3 is 209 Å². The van der Waals surface area contributed by atoms with E-state index in [1.165, 1.54) is 20.0 Å². The molecule has 2 aliphatic carbocycles. The van der Waals surface area contributed by atoms with Crippen molar-refractivity contribution in [3.63, 3.8) is 0 Å². The van der Waals surface area contributed by atoms with Crippen LogP contribution in [0.4, 0.5) is 0 Å². The second kappa shape index (κ2) is 10.1. The van der Waals surface area contributed by atoms with Gasteiger partial charge in [-0.25, -0.2) is 0 Å². The van der Waals surface area contributed by atoms with Gasteiger partial charge in [0.1, 0.15) is 0 Å². The summed E-state index contributed by atoms with van der Waals surface area (Å²) in [5.41, 5.74) is 7.43. The molecule has 0 N–H and O–H groups in total. The van der Waals surface area contributed by atoms with Gasteiger partial charge < -0.3 is 0 Å². The van der Waals surface area contributed by atoms with Crippen molar-refractivity contribution >= 4 is 43.6 Å². The Morgan fingerprint density at radius 2 is 1.47 bits per heavy atom. The Morgan fingerprint density at radius 3 is 2.08 bits per heavy atom. The number of halogens is 2. The fourth-order valence-electron chi connectivity index (χ4n) is 7.36. The van der Waals surface area contributed by atoms with Gasteiger partial charge in [-0.3, -0.25) is 0 Å². The van der Waals surface area contributed by atoms with Crippen molar-refractivity contribution < 1.29 is 18.3 Å². The first-order chi connectivity index (χ1) is 16.1. The Balaban J connectivity index is 0.00000180. The van der Waals surface area contributed by atoms with Gasteiger partial charge in [0.25, 0.3) is 0 Å². The molecular formula is C32H40Cl2SiZr. The zero-order valence-electron chi connectivity index (χ0n) is 22.5. The van der Waals surface area contributed by atoms with Crippen LogP contribution in [-0.2, 0) is 24.7 Å². The van der Waals surface area contributed by atoms with E-state index in [-0.39, 0.29) is 24.8 Å². The Bertz CT molecular complexity index is 1430. The van der Waals surface area contributed by atoms with Crippen molar-refractivity contribution in [3.05, 3.63) is 104 Å². The number of hydrogen-bond donors (Lipinski definition) is 0. The van der Waals surface area contributed by atoms with Crippen LogP contribution in [0.25, 0.3) is 11.1 Å². The molecule has 190 valence electrons. The van der Waals surface area contributed by atoms with Gasteiger partial charge in [0.05, 0.1) is 0 Å². The zero-order chi connectivity index (χ0) is 24.3. The van der Waals surface area contributed by atoms with Crippen LogP contribution >= 0.6 is 24.8 Å². The second-order valence-electron chi connectivity index (χ2n) is 11.7. The Hall–Kier alpha value is -1.31. The van der Waals surface area contributed by atoms with Crippen molar-refractivity contribution in [2.24, 2.45) is 5.92 Å². The molecule has 1 atom stereocenters. The Morgan fingerprint density at radius 1 is 0.861 bits per heavy atom. The van der Waals surface area contributed by atoms with E-state index >= 15 is 0 Å². The van der Waals surface area contributed by atoms with Gasteiger partial charge in [-0.2, -0.15) is 0 Å². The average molecular weight is 615 g/mol. The molecule has 0 aliphatic heterocycles. The van der Waals surface area contributed by atoms with Crippen molar-refractivity contribution in [1.82, 2.24) is 0 Å². The molecule has 3 aromatic rings. The Labute approximate surface area is 232 Å². The summed E-state index contributed by atoms with van der Waals surface area (Å²) in [5, 5.41) is 1.65. The second-order valence-corrected chi connectivity index (χ2v) is 30.9. The number of hydrogen-bond acceptors (Lipinski definition) is 0. The molecule has 5 rings (SSSR count). The standard InChI is InChI=1S/C13H9.C10H17Si.C6H5.C2H5.CH2.2ClH.Zr/c1-3-7-12-10(5-1)9-11-6-2-4-8-13(11)12;1-8-6-9(2)10(7-8)11(3,4)5;1-2-4-6-5-3-1;1-2;;;;/h1-5,7-8H,9H2;7-8H,1-5H3;1-5H;1H2,2H3;1H2;2*1H;. The fraction of sp³-hybridized carbons (Fsp3) is 0.281. The molecule has 0 amide bonds. The van der Waals surface area contributed by atoms with Crippen LogP contribution in [0.1, 0.15) is 31.9 Å². The van der Waals surface area contributed by atoms with Crippen LogP contribution in [0.15, 0.2) is 92.9 Å². The maximum atomic E-state index is 5.53. The van der Waals surface area contributed by atoms with Gasteiger partial charge in [0.15, 0.2) is 0 Å². The number of rotatable bonds is 5. The van der Waals surface area contributed by atoms with E-state index in [0.29, 0.717) is 5.92 Å². The van der Waals surface area contributed by atoms with Crippen LogP contribution in [-0.4, -0.2) is 12.3 Å². The summed E-state index contributed by atoms with van der Waals surface area (Å²) in [6.45, 7) is 14.8. The van der Waals surface area contributed by atoms with E-state index in [1.807, 2.05) is 0 Å². The number of allylic oxidation sites excluding steroid dienone is 4. The zero-order valence-corrected chi connectivity index (χ0v) is 27.6. The third-order valence-corrected chi connectivity index (χ3v) is 28.7. The summed E-state index contributed by atoms with van der Waals surface area (Å²) in [4.78, 5) is 0. The first-order valence-electron chi connectivity index (χ1n) is 12.8. The van der Waals surface area contributed by atoms with E-state index in [1.54, 1.807) is 22.9 Å².